The lowest BCUT2D eigenvalue weighted by Crippen LogP contribution is -2.22. The molecule has 0 N–H and O–H groups in total. The van der Waals surface area contributed by atoms with Crippen LogP contribution in [0.1, 0.15) is 32.1 Å². The van der Waals surface area contributed by atoms with Crippen molar-refractivity contribution in [1.29, 1.82) is 0 Å². The van der Waals surface area contributed by atoms with E-state index in [0.29, 0.717) is 22.8 Å². The average Bonchev–Trinajstić information content (AvgIpc) is 3.40. The third kappa shape index (κ3) is 4.29. The van der Waals surface area contributed by atoms with Crippen LogP contribution in [-0.4, -0.2) is 56.5 Å². The number of hydrogen-bond acceptors (Lipinski definition) is 7. The minimum Gasteiger partial charge on any atom is -0.454 e. The summed E-state index contributed by atoms with van der Waals surface area (Å²) in [4.78, 5) is 25.3. The summed E-state index contributed by atoms with van der Waals surface area (Å²) in [5.74, 6) is 0.140. The van der Waals surface area contributed by atoms with Crippen LogP contribution in [-0.2, 0) is 14.8 Å². The molecule has 0 bridgehead atoms. The highest BCUT2D eigenvalue weighted by atomic mass is 32.2. The Morgan fingerprint density at radius 2 is 1.76 bits per heavy atom. The van der Waals surface area contributed by atoms with Gasteiger partial charge < -0.3 is 18.8 Å². The number of ether oxygens (including phenoxy) is 3. The molecule has 1 aliphatic heterocycles. The lowest BCUT2D eigenvalue weighted by Gasteiger charge is -2.12. The Bertz CT molecular complexity index is 1390. The zero-order valence-electron chi connectivity index (χ0n) is 19.2. The molecule has 178 valence electrons. The van der Waals surface area contributed by atoms with Crippen molar-refractivity contribution in [3.05, 3.63) is 71.0 Å². The van der Waals surface area contributed by atoms with Crippen molar-refractivity contribution in [2.24, 2.45) is 0 Å². The number of nitrogens with zero attached hydrogens (tertiary/aromatic N) is 2. The van der Waals surface area contributed by atoms with E-state index in [4.69, 9.17) is 14.2 Å². The van der Waals surface area contributed by atoms with Gasteiger partial charge >= 0.3 is 5.97 Å². The third-order valence-electron chi connectivity index (χ3n) is 5.53. The number of carbonyl (C=O) groups is 2. The van der Waals surface area contributed by atoms with Crippen LogP contribution in [0.5, 0.6) is 11.5 Å². The van der Waals surface area contributed by atoms with Gasteiger partial charge in [-0.1, -0.05) is 6.07 Å². The van der Waals surface area contributed by atoms with E-state index in [9.17, 15) is 18.0 Å². The number of ketones is 1. The fourth-order valence-corrected chi connectivity index (χ4v) is 4.70. The normalized spacial score (nSPS) is 12.7. The molecule has 1 aliphatic rings. The Morgan fingerprint density at radius 1 is 1.03 bits per heavy atom. The highest BCUT2D eigenvalue weighted by molar-refractivity contribution is 7.89. The van der Waals surface area contributed by atoms with Crippen molar-refractivity contribution in [2.75, 3.05) is 27.5 Å². The number of fused-ring (bicyclic) bond motifs is 1. The van der Waals surface area contributed by atoms with Crippen LogP contribution in [0.2, 0.25) is 0 Å². The van der Waals surface area contributed by atoms with Gasteiger partial charge in [-0.3, -0.25) is 4.79 Å². The molecule has 0 saturated carbocycles. The minimum absolute atomic E-state index is 0.0365. The number of aryl methyl sites for hydroxylation is 1. The van der Waals surface area contributed by atoms with Crippen molar-refractivity contribution >= 4 is 21.8 Å². The molecule has 0 spiro atoms. The Labute approximate surface area is 197 Å². The second-order valence-corrected chi connectivity index (χ2v) is 10.1. The first-order valence-corrected chi connectivity index (χ1v) is 11.9. The van der Waals surface area contributed by atoms with E-state index in [1.54, 1.807) is 6.07 Å². The Hall–Kier alpha value is -3.63. The highest BCUT2D eigenvalue weighted by Crippen LogP contribution is 2.35. The van der Waals surface area contributed by atoms with E-state index in [1.165, 1.54) is 38.4 Å². The predicted octanol–water partition coefficient (Wildman–Crippen LogP) is 3.11. The molecule has 0 aliphatic carbocycles. The van der Waals surface area contributed by atoms with Gasteiger partial charge in [0.05, 0.1) is 10.5 Å². The summed E-state index contributed by atoms with van der Waals surface area (Å²) >= 11 is 0. The smallest absolute Gasteiger partial charge is 0.338 e. The van der Waals surface area contributed by atoms with Gasteiger partial charge in [-0.05, 0) is 50.2 Å². The topological polar surface area (TPSA) is 104 Å². The van der Waals surface area contributed by atoms with E-state index < -0.39 is 22.6 Å². The van der Waals surface area contributed by atoms with Crippen LogP contribution in [0.3, 0.4) is 0 Å². The van der Waals surface area contributed by atoms with Gasteiger partial charge in [0.15, 0.2) is 18.1 Å². The summed E-state index contributed by atoms with van der Waals surface area (Å²) < 4.78 is 43.6. The molecule has 0 fully saturated rings. The maximum Gasteiger partial charge on any atom is 0.338 e. The number of hydrogen-bond donors (Lipinski definition) is 0. The molecule has 0 atom stereocenters. The largest absolute Gasteiger partial charge is 0.454 e. The zero-order valence-corrected chi connectivity index (χ0v) is 20.0. The number of Topliss-reactive ketones (excluding diaryl/α,β-unsaturated/α-hetero) is 1. The lowest BCUT2D eigenvalue weighted by atomic mass is 10.1. The van der Waals surface area contributed by atoms with Crippen LogP contribution >= 0.6 is 0 Å². The molecule has 2 aromatic carbocycles. The number of sulfonamides is 1. The summed E-state index contributed by atoms with van der Waals surface area (Å²) in [5, 5.41) is 0. The van der Waals surface area contributed by atoms with Crippen molar-refractivity contribution in [3.8, 4) is 17.2 Å². The Morgan fingerprint density at radius 3 is 2.50 bits per heavy atom. The van der Waals surface area contributed by atoms with Crippen LogP contribution < -0.4 is 9.47 Å². The fraction of sp³-hybridized carbons (Fsp3) is 0.250. The molecule has 1 aromatic heterocycles. The SMILES string of the molecule is Cc1cc(C(=O)COC(=O)c2cccc(S(=O)(=O)N(C)C)c2)c(C)n1-c1ccc2c(c1)OCO2. The Balaban J connectivity index is 1.50. The predicted molar refractivity (Wildman–Crippen MR) is 123 cm³/mol. The first kappa shape index (κ1) is 23.5. The van der Waals surface area contributed by atoms with Gasteiger partial charge in [-0.25, -0.2) is 17.5 Å². The van der Waals surface area contributed by atoms with Gasteiger partial charge in [0.1, 0.15) is 0 Å². The lowest BCUT2D eigenvalue weighted by molar-refractivity contribution is 0.0474. The second kappa shape index (κ2) is 8.96. The molecule has 2 heterocycles. The van der Waals surface area contributed by atoms with Crippen LogP contribution in [0.15, 0.2) is 53.4 Å². The van der Waals surface area contributed by atoms with Gasteiger partial charge in [0, 0.05) is 42.8 Å². The van der Waals surface area contributed by atoms with Gasteiger partial charge in [0.2, 0.25) is 22.6 Å². The van der Waals surface area contributed by atoms with E-state index in [-0.39, 0.29) is 23.0 Å². The van der Waals surface area contributed by atoms with Crippen molar-refractivity contribution in [2.45, 2.75) is 18.7 Å². The number of benzene rings is 2. The minimum atomic E-state index is -3.71. The average molecular weight is 485 g/mol. The number of aromatic nitrogens is 1. The maximum atomic E-state index is 12.9. The maximum absolute atomic E-state index is 12.9. The summed E-state index contributed by atoms with van der Waals surface area (Å²) in [6.07, 6.45) is 0. The van der Waals surface area contributed by atoms with E-state index >= 15 is 0 Å². The summed E-state index contributed by atoms with van der Waals surface area (Å²) in [5.41, 5.74) is 2.80. The van der Waals surface area contributed by atoms with Crippen molar-refractivity contribution in [3.63, 3.8) is 0 Å². The molecule has 0 amide bonds. The molecule has 3 aromatic rings. The number of carbonyl (C=O) groups excluding carboxylic acids is 2. The van der Waals surface area contributed by atoms with E-state index in [1.807, 2.05) is 36.6 Å². The first-order valence-electron chi connectivity index (χ1n) is 10.4. The number of esters is 1. The third-order valence-corrected chi connectivity index (χ3v) is 7.34. The summed E-state index contributed by atoms with van der Waals surface area (Å²) in [7, 11) is -0.902. The standard InChI is InChI=1S/C24H24N2O7S/c1-15-10-20(16(2)26(15)18-8-9-22-23(12-18)33-14-32-22)21(27)13-31-24(28)17-6-5-7-19(11-17)34(29,30)25(3)4/h5-12H,13-14H2,1-4H3. The van der Waals surface area contributed by atoms with E-state index in [2.05, 4.69) is 0 Å². The first-order chi connectivity index (χ1) is 16.1. The quantitative estimate of drug-likeness (QED) is 0.375. The van der Waals surface area contributed by atoms with Crippen LogP contribution in [0, 0.1) is 13.8 Å². The number of rotatable bonds is 7. The fourth-order valence-electron chi connectivity index (χ4n) is 3.75. The molecule has 0 radical (unpaired) electrons. The highest BCUT2D eigenvalue weighted by Gasteiger charge is 2.22. The van der Waals surface area contributed by atoms with E-state index in [0.717, 1.165) is 15.7 Å². The van der Waals surface area contributed by atoms with Gasteiger partial charge in [-0.15, -0.1) is 0 Å². The molecule has 0 unspecified atom stereocenters. The summed E-state index contributed by atoms with van der Waals surface area (Å²) in [6, 6.07) is 12.8. The molecule has 10 heteroatoms. The molecule has 4 rings (SSSR count). The monoisotopic (exact) mass is 484 g/mol. The van der Waals surface area contributed by atoms with Crippen molar-refractivity contribution in [1.82, 2.24) is 8.87 Å². The molecule has 34 heavy (non-hydrogen) atoms. The molecular formula is C24H24N2O7S. The second-order valence-electron chi connectivity index (χ2n) is 7.97. The molecule has 0 saturated heterocycles. The van der Waals surface area contributed by atoms with Crippen molar-refractivity contribution < 1.29 is 32.2 Å². The van der Waals surface area contributed by atoms with Crippen LogP contribution in [0.4, 0.5) is 0 Å². The molecular weight excluding hydrogens is 460 g/mol. The summed E-state index contributed by atoms with van der Waals surface area (Å²) in [6.45, 7) is 3.37. The zero-order chi connectivity index (χ0) is 24.6. The van der Waals surface area contributed by atoms with Gasteiger partial charge in [0.25, 0.3) is 0 Å². The van der Waals surface area contributed by atoms with Gasteiger partial charge in [-0.2, -0.15) is 0 Å². The molecule has 9 nitrogen and oxygen atoms in total. The van der Waals surface area contributed by atoms with Crippen LogP contribution in [0.25, 0.3) is 5.69 Å². The Kier molecular flexibility index (Phi) is 6.20.